The van der Waals surface area contributed by atoms with E-state index >= 15 is 0 Å². The Balaban J connectivity index is 2.75. The summed E-state index contributed by atoms with van der Waals surface area (Å²) in [6.45, 7) is 0.0869. The fourth-order valence-electron chi connectivity index (χ4n) is 1.26. The van der Waals surface area contributed by atoms with Crippen LogP contribution in [0, 0.1) is 0 Å². The van der Waals surface area contributed by atoms with Gasteiger partial charge in [0.1, 0.15) is 5.75 Å². The molecule has 0 aliphatic heterocycles. The topological polar surface area (TPSA) is 98.5 Å². The van der Waals surface area contributed by atoms with Gasteiger partial charge >= 0.3 is 0 Å². The van der Waals surface area contributed by atoms with Gasteiger partial charge in [-0.25, -0.2) is 8.42 Å². The minimum atomic E-state index is -3.50. The second-order valence-corrected chi connectivity index (χ2v) is 5.89. The Bertz CT molecular complexity index is 533. The summed E-state index contributed by atoms with van der Waals surface area (Å²) in [5, 5.41) is 0. The first-order chi connectivity index (χ1) is 8.94. The van der Waals surface area contributed by atoms with Gasteiger partial charge in [-0.05, 0) is 12.1 Å². The molecule has 0 aliphatic rings. The molecule has 0 unspecified atom stereocenters. The average Bonchev–Trinajstić information content (AvgIpc) is 2.30. The number of carbonyl (C=O) groups is 1. The maximum atomic E-state index is 11.6. The molecule has 0 bridgehead atoms. The number of primary amides is 1. The number of carbonyl (C=O) groups excluding carboxylic acids is 1. The number of hydrogen-bond acceptors (Lipinski definition) is 4. The van der Waals surface area contributed by atoms with E-state index in [1.54, 1.807) is 24.3 Å². The first-order valence-electron chi connectivity index (χ1n) is 5.51. The number of alkyl halides is 1. The Morgan fingerprint density at radius 2 is 2.05 bits per heavy atom. The molecule has 0 saturated heterocycles. The Morgan fingerprint density at radius 1 is 1.37 bits per heavy atom. The number of nitrogens with two attached hydrogens (primary N) is 1. The second-order valence-electron chi connectivity index (χ2n) is 3.67. The minimum Gasteiger partial charge on any atom is -0.491 e. The number of nitrogens with one attached hydrogen (secondary N) is 1. The summed E-state index contributed by atoms with van der Waals surface area (Å²) in [6.07, 6.45) is 0.0583. The van der Waals surface area contributed by atoms with Gasteiger partial charge in [0, 0.05) is 5.88 Å². The summed E-state index contributed by atoms with van der Waals surface area (Å²) < 4.78 is 30.9. The predicted octanol–water partition coefficient (Wildman–Crippen LogP) is 0.921. The first-order valence-corrected chi connectivity index (χ1v) is 7.70. The van der Waals surface area contributed by atoms with Gasteiger partial charge < -0.3 is 10.5 Å². The molecule has 1 rings (SSSR count). The van der Waals surface area contributed by atoms with E-state index < -0.39 is 15.9 Å². The zero-order chi connectivity index (χ0) is 14.3. The van der Waals surface area contributed by atoms with Crippen molar-refractivity contribution < 1.29 is 17.9 Å². The van der Waals surface area contributed by atoms with Crippen molar-refractivity contribution in [1.29, 1.82) is 0 Å². The van der Waals surface area contributed by atoms with E-state index in [4.69, 9.17) is 22.1 Å². The predicted molar refractivity (Wildman–Crippen MR) is 73.9 cm³/mol. The van der Waals surface area contributed by atoms with Gasteiger partial charge in [0.25, 0.3) is 0 Å². The molecule has 0 fully saturated rings. The number of sulfonamides is 1. The molecule has 6 nitrogen and oxygen atoms in total. The van der Waals surface area contributed by atoms with E-state index in [0.29, 0.717) is 11.4 Å². The normalized spacial score (nSPS) is 11.0. The number of ether oxygens (including phenoxy) is 1. The van der Waals surface area contributed by atoms with Crippen LogP contribution in [0.15, 0.2) is 24.3 Å². The van der Waals surface area contributed by atoms with Crippen LogP contribution in [0.3, 0.4) is 0 Å². The summed E-state index contributed by atoms with van der Waals surface area (Å²) in [7, 11) is -3.50. The monoisotopic (exact) mass is 306 g/mol. The van der Waals surface area contributed by atoms with Crippen LogP contribution >= 0.6 is 11.6 Å². The SMILES string of the molecule is NC(=O)CCOc1ccccc1NS(=O)(=O)CCCl. The zero-order valence-electron chi connectivity index (χ0n) is 10.1. The maximum Gasteiger partial charge on any atom is 0.234 e. The summed E-state index contributed by atoms with van der Waals surface area (Å²) in [6, 6.07) is 6.52. The van der Waals surface area contributed by atoms with Gasteiger partial charge in [0.05, 0.1) is 24.5 Å². The number of para-hydroxylation sites is 2. The summed E-state index contributed by atoms with van der Waals surface area (Å²) in [4.78, 5) is 10.6. The number of benzene rings is 1. The molecule has 0 radical (unpaired) electrons. The van der Waals surface area contributed by atoms with Crippen LogP contribution < -0.4 is 15.2 Å². The van der Waals surface area contributed by atoms with E-state index in [9.17, 15) is 13.2 Å². The number of hydrogen-bond donors (Lipinski definition) is 2. The molecule has 0 spiro atoms. The van der Waals surface area contributed by atoms with Gasteiger partial charge in [-0.3, -0.25) is 9.52 Å². The van der Waals surface area contributed by atoms with E-state index in [1.165, 1.54) is 0 Å². The summed E-state index contributed by atoms with van der Waals surface area (Å²) in [5.41, 5.74) is 5.29. The lowest BCUT2D eigenvalue weighted by Gasteiger charge is -2.12. The van der Waals surface area contributed by atoms with E-state index in [-0.39, 0.29) is 24.7 Å². The molecule has 0 aliphatic carbocycles. The summed E-state index contributed by atoms with van der Waals surface area (Å²) >= 11 is 5.41. The van der Waals surface area contributed by atoms with Crippen molar-refractivity contribution in [1.82, 2.24) is 0 Å². The molecular weight excluding hydrogens is 292 g/mol. The molecule has 8 heteroatoms. The lowest BCUT2D eigenvalue weighted by molar-refractivity contribution is -0.118. The van der Waals surface area contributed by atoms with Crippen molar-refractivity contribution in [2.24, 2.45) is 5.73 Å². The van der Waals surface area contributed by atoms with Crippen molar-refractivity contribution >= 4 is 33.2 Å². The van der Waals surface area contributed by atoms with Crippen LogP contribution in [0.2, 0.25) is 0 Å². The molecule has 3 N–H and O–H groups in total. The first kappa shape index (κ1) is 15.6. The molecule has 1 aromatic rings. The van der Waals surface area contributed by atoms with Crippen LogP contribution in [0.5, 0.6) is 5.75 Å². The van der Waals surface area contributed by atoms with Crippen molar-refractivity contribution in [3.63, 3.8) is 0 Å². The average molecular weight is 307 g/mol. The smallest absolute Gasteiger partial charge is 0.234 e. The van der Waals surface area contributed by atoms with Crippen molar-refractivity contribution in [2.75, 3.05) is 23.0 Å². The number of anilines is 1. The molecule has 0 heterocycles. The van der Waals surface area contributed by atoms with Gasteiger partial charge in [-0.15, -0.1) is 11.6 Å². The highest BCUT2D eigenvalue weighted by molar-refractivity contribution is 7.92. The van der Waals surface area contributed by atoms with E-state index in [0.717, 1.165) is 0 Å². The van der Waals surface area contributed by atoms with Gasteiger partial charge in [0.15, 0.2) is 0 Å². The van der Waals surface area contributed by atoms with Crippen molar-refractivity contribution in [2.45, 2.75) is 6.42 Å². The molecule has 1 amide bonds. The largest absolute Gasteiger partial charge is 0.491 e. The molecule has 0 aromatic heterocycles. The zero-order valence-corrected chi connectivity index (χ0v) is 11.7. The third-order valence-corrected chi connectivity index (χ3v) is 3.79. The van der Waals surface area contributed by atoms with Crippen LogP contribution in [0.4, 0.5) is 5.69 Å². The van der Waals surface area contributed by atoms with Crippen molar-refractivity contribution in [3.8, 4) is 5.75 Å². The Hall–Kier alpha value is -1.47. The molecule has 0 atom stereocenters. The van der Waals surface area contributed by atoms with E-state index in [2.05, 4.69) is 4.72 Å². The van der Waals surface area contributed by atoms with Gasteiger partial charge in [-0.2, -0.15) is 0 Å². The third kappa shape index (κ3) is 5.80. The number of amides is 1. The quantitative estimate of drug-likeness (QED) is 0.698. The summed E-state index contributed by atoms with van der Waals surface area (Å²) in [5.74, 6) is -0.341. The van der Waals surface area contributed by atoms with Gasteiger partial charge in [-0.1, -0.05) is 12.1 Å². The fourth-order valence-corrected chi connectivity index (χ4v) is 2.68. The van der Waals surface area contributed by atoms with Crippen LogP contribution in [0.1, 0.15) is 6.42 Å². The highest BCUT2D eigenvalue weighted by atomic mass is 35.5. The maximum absolute atomic E-state index is 11.6. The van der Waals surface area contributed by atoms with E-state index in [1.807, 2.05) is 0 Å². The lowest BCUT2D eigenvalue weighted by atomic mass is 10.3. The Morgan fingerprint density at radius 3 is 2.68 bits per heavy atom. The molecular formula is C11H15ClN2O4S. The highest BCUT2D eigenvalue weighted by Crippen LogP contribution is 2.24. The Labute approximate surface area is 116 Å². The molecule has 106 valence electrons. The van der Waals surface area contributed by atoms with Crippen LogP contribution in [-0.2, 0) is 14.8 Å². The lowest BCUT2D eigenvalue weighted by Crippen LogP contribution is -2.19. The molecule has 1 aromatic carbocycles. The fraction of sp³-hybridized carbons (Fsp3) is 0.364. The second kappa shape index (κ2) is 7.20. The number of rotatable bonds is 8. The van der Waals surface area contributed by atoms with Crippen LogP contribution in [-0.4, -0.2) is 32.6 Å². The molecule has 19 heavy (non-hydrogen) atoms. The van der Waals surface area contributed by atoms with Crippen molar-refractivity contribution in [3.05, 3.63) is 24.3 Å². The highest BCUT2D eigenvalue weighted by Gasteiger charge is 2.12. The van der Waals surface area contributed by atoms with Gasteiger partial charge in [0.2, 0.25) is 15.9 Å². The van der Waals surface area contributed by atoms with Crippen LogP contribution in [0.25, 0.3) is 0 Å². The minimum absolute atomic E-state index is 0.0000325. The molecule has 0 saturated carbocycles. The third-order valence-electron chi connectivity index (χ3n) is 2.10. The standard InChI is InChI=1S/C11H15ClN2O4S/c12-6-8-19(16,17)14-9-3-1-2-4-10(9)18-7-5-11(13)15/h1-4,14H,5-8H2,(H2,13,15). The Kier molecular flexibility index (Phi) is 5.91. The number of halogens is 1.